The zero-order valence-electron chi connectivity index (χ0n) is 15.0. The molecule has 2 rings (SSSR count). The predicted molar refractivity (Wildman–Crippen MR) is 96.3 cm³/mol. The fraction of sp³-hybridized carbons (Fsp3) is 0.333. The van der Waals surface area contributed by atoms with Crippen LogP contribution in [0.25, 0.3) is 0 Å². The van der Waals surface area contributed by atoms with Crippen molar-refractivity contribution in [1.82, 2.24) is 9.97 Å². The lowest BCUT2D eigenvalue weighted by molar-refractivity contribution is -0.365. The number of hydrogen-bond donors (Lipinski definition) is 3. The van der Waals surface area contributed by atoms with Crippen LogP contribution >= 0.6 is 0 Å². The lowest BCUT2D eigenvalue weighted by Gasteiger charge is -2.08. The molecule has 0 amide bonds. The third-order valence-corrected chi connectivity index (χ3v) is 3.18. The number of anilines is 1. The second-order valence-corrected chi connectivity index (χ2v) is 6.05. The van der Waals surface area contributed by atoms with Gasteiger partial charge in [-0.3, -0.25) is 10.1 Å². The van der Waals surface area contributed by atoms with Crippen molar-refractivity contribution in [2.45, 2.75) is 40.2 Å². The Morgan fingerprint density at radius 1 is 1.20 bits per heavy atom. The summed E-state index contributed by atoms with van der Waals surface area (Å²) < 4.78 is 5.13. The first-order chi connectivity index (χ1) is 11.8. The molecule has 0 aliphatic heterocycles. The Bertz CT molecular complexity index is 749. The maximum atomic E-state index is 11.7. The Kier molecular flexibility index (Phi) is 6.05. The average Bonchev–Trinajstić information content (AvgIpc) is 2.47. The molecular formula is C18H24N5O2+. The SMILES string of the molecule is Cc1cc(C)nc([NH+]=C(N)Nc2ccc(CC(=O)OC(C)C)cc2)n1. The van der Waals surface area contributed by atoms with Gasteiger partial charge in [0.25, 0.3) is 5.96 Å². The zero-order valence-corrected chi connectivity index (χ0v) is 15.0. The Balaban J connectivity index is 2.00. The summed E-state index contributed by atoms with van der Waals surface area (Å²) in [5.41, 5.74) is 9.34. The van der Waals surface area contributed by atoms with E-state index in [1.165, 1.54) is 0 Å². The molecule has 0 saturated carbocycles. The topological polar surface area (TPSA) is 104 Å². The van der Waals surface area contributed by atoms with Crippen molar-refractivity contribution < 1.29 is 14.5 Å². The summed E-state index contributed by atoms with van der Waals surface area (Å²) in [6, 6.07) is 9.27. The van der Waals surface area contributed by atoms with Crippen LogP contribution in [0.2, 0.25) is 0 Å². The number of esters is 1. The van der Waals surface area contributed by atoms with Crippen molar-refractivity contribution in [1.29, 1.82) is 0 Å². The Morgan fingerprint density at radius 3 is 2.36 bits per heavy atom. The summed E-state index contributed by atoms with van der Waals surface area (Å²) in [5.74, 6) is 0.517. The molecule has 7 nitrogen and oxygen atoms in total. The molecule has 7 heteroatoms. The molecule has 0 aliphatic rings. The number of nitrogens with two attached hydrogens (primary N) is 1. The molecule has 0 atom stereocenters. The minimum absolute atomic E-state index is 0.110. The van der Waals surface area contributed by atoms with E-state index in [2.05, 4.69) is 20.3 Å². The minimum Gasteiger partial charge on any atom is -0.463 e. The van der Waals surface area contributed by atoms with Gasteiger partial charge in [-0.05, 0) is 45.4 Å². The molecule has 132 valence electrons. The average molecular weight is 342 g/mol. The van der Waals surface area contributed by atoms with Crippen LogP contribution in [0.3, 0.4) is 0 Å². The Hall–Kier alpha value is -2.96. The molecule has 1 heterocycles. The summed E-state index contributed by atoms with van der Waals surface area (Å²) in [6.07, 6.45) is 0.133. The van der Waals surface area contributed by atoms with Crippen molar-refractivity contribution >= 4 is 23.6 Å². The third-order valence-electron chi connectivity index (χ3n) is 3.18. The highest BCUT2D eigenvalue weighted by Gasteiger charge is 2.08. The maximum absolute atomic E-state index is 11.7. The quantitative estimate of drug-likeness (QED) is 0.420. The highest BCUT2D eigenvalue weighted by Crippen LogP contribution is 2.10. The van der Waals surface area contributed by atoms with Gasteiger partial charge in [0.2, 0.25) is 0 Å². The first-order valence-corrected chi connectivity index (χ1v) is 8.09. The van der Waals surface area contributed by atoms with Gasteiger partial charge < -0.3 is 10.5 Å². The second-order valence-electron chi connectivity index (χ2n) is 6.05. The highest BCUT2D eigenvalue weighted by molar-refractivity contribution is 5.88. The zero-order chi connectivity index (χ0) is 18.4. The minimum atomic E-state index is -0.240. The molecule has 25 heavy (non-hydrogen) atoms. The largest absolute Gasteiger partial charge is 0.463 e. The highest BCUT2D eigenvalue weighted by atomic mass is 16.5. The molecule has 0 fully saturated rings. The smallest absolute Gasteiger partial charge is 0.354 e. The molecule has 1 aromatic heterocycles. The van der Waals surface area contributed by atoms with Crippen LogP contribution in [0.1, 0.15) is 30.8 Å². The number of benzene rings is 1. The van der Waals surface area contributed by atoms with E-state index in [4.69, 9.17) is 10.5 Å². The van der Waals surface area contributed by atoms with Gasteiger partial charge in [-0.2, -0.15) is 0 Å². The number of carbonyl (C=O) groups excluding carboxylic acids is 1. The van der Waals surface area contributed by atoms with Crippen LogP contribution in [0, 0.1) is 13.8 Å². The third kappa shape index (κ3) is 6.21. The van der Waals surface area contributed by atoms with Crippen LogP contribution in [-0.4, -0.2) is 28.0 Å². The van der Waals surface area contributed by atoms with Crippen molar-refractivity contribution in [3.8, 4) is 0 Å². The van der Waals surface area contributed by atoms with Gasteiger partial charge in [-0.25, -0.2) is 4.99 Å². The number of aromatic nitrogens is 2. The lowest BCUT2D eigenvalue weighted by Crippen LogP contribution is -2.72. The first-order valence-electron chi connectivity index (χ1n) is 8.09. The standard InChI is InChI=1S/C18H23N5O2/c1-11(2)25-16(24)10-14-5-7-15(8-6-14)22-17(19)23-18-20-12(3)9-13(4)21-18/h5-9,11H,10H2,1-4H3,(H3,19,20,21,22,23)/p+1. The molecule has 2 aromatic rings. The normalized spacial score (nSPS) is 11.5. The van der Waals surface area contributed by atoms with E-state index in [-0.39, 0.29) is 18.5 Å². The number of ether oxygens (including phenoxy) is 1. The molecule has 0 bridgehead atoms. The van der Waals surface area contributed by atoms with Crippen LogP contribution in [0.4, 0.5) is 11.6 Å². The molecule has 4 N–H and O–H groups in total. The molecule has 0 unspecified atom stereocenters. The van der Waals surface area contributed by atoms with E-state index in [1.807, 2.05) is 58.0 Å². The van der Waals surface area contributed by atoms with Crippen molar-refractivity contribution in [2.75, 3.05) is 5.32 Å². The molecule has 0 aliphatic carbocycles. The summed E-state index contributed by atoms with van der Waals surface area (Å²) in [7, 11) is 0. The van der Waals surface area contributed by atoms with E-state index in [0.29, 0.717) is 11.9 Å². The number of hydrogen-bond acceptors (Lipinski definition) is 4. The maximum Gasteiger partial charge on any atom is 0.354 e. The summed E-state index contributed by atoms with van der Waals surface area (Å²) in [4.78, 5) is 23.1. The van der Waals surface area contributed by atoms with Crippen LogP contribution < -0.4 is 16.0 Å². The number of guanidine groups is 1. The van der Waals surface area contributed by atoms with E-state index in [1.54, 1.807) is 0 Å². The number of rotatable bonds is 5. The fourth-order valence-corrected chi connectivity index (χ4v) is 2.27. The van der Waals surface area contributed by atoms with E-state index in [9.17, 15) is 4.79 Å². The molecular weight excluding hydrogens is 318 g/mol. The lowest BCUT2D eigenvalue weighted by atomic mass is 10.1. The molecule has 1 aromatic carbocycles. The number of aryl methyl sites for hydroxylation is 2. The predicted octanol–water partition coefficient (Wildman–Crippen LogP) is 0.726. The summed E-state index contributed by atoms with van der Waals surface area (Å²) >= 11 is 0. The van der Waals surface area contributed by atoms with Gasteiger partial charge >= 0.3 is 11.9 Å². The van der Waals surface area contributed by atoms with Gasteiger partial charge in [-0.1, -0.05) is 12.1 Å². The number of carbonyl (C=O) groups is 1. The van der Waals surface area contributed by atoms with Gasteiger partial charge in [0.05, 0.1) is 29.6 Å². The van der Waals surface area contributed by atoms with Crippen molar-refractivity contribution in [2.24, 2.45) is 5.73 Å². The second kappa shape index (κ2) is 8.23. The summed E-state index contributed by atoms with van der Waals surface area (Å²) in [6.45, 7) is 7.45. The molecule has 0 spiro atoms. The molecule has 0 radical (unpaired) electrons. The van der Waals surface area contributed by atoms with Crippen molar-refractivity contribution in [3.63, 3.8) is 0 Å². The van der Waals surface area contributed by atoms with Crippen LogP contribution in [-0.2, 0) is 16.0 Å². The summed E-state index contributed by atoms with van der Waals surface area (Å²) in [5, 5.41) is 3.03. The number of nitrogens with one attached hydrogen (secondary N) is 2. The number of nitrogens with zero attached hydrogens (tertiary/aromatic N) is 2. The van der Waals surface area contributed by atoms with E-state index >= 15 is 0 Å². The van der Waals surface area contributed by atoms with E-state index in [0.717, 1.165) is 22.6 Å². The van der Waals surface area contributed by atoms with E-state index < -0.39 is 0 Å². The van der Waals surface area contributed by atoms with Gasteiger partial charge in [-0.15, -0.1) is 9.97 Å². The van der Waals surface area contributed by atoms with Crippen molar-refractivity contribution in [3.05, 3.63) is 47.3 Å². The Labute approximate surface area is 147 Å². The van der Waals surface area contributed by atoms with Gasteiger partial charge in [0.1, 0.15) is 0 Å². The van der Waals surface area contributed by atoms with Crippen LogP contribution in [0.5, 0.6) is 0 Å². The Morgan fingerprint density at radius 2 is 1.80 bits per heavy atom. The molecule has 0 saturated heterocycles. The van der Waals surface area contributed by atoms with Gasteiger partial charge in [0.15, 0.2) is 0 Å². The van der Waals surface area contributed by atoms with Gasteiger partial charge in [0, 0.05) is 6.07 Å². The monoisotopic (exact) mass is 342 g/mol. The van der Waals surface area contributed by atoms with Crippen LogP contribution in [0.15, 0.2) is 30.3 Å². The fourth-order valence-electron chi connectivity index (χ4n) is 2.27. The first kappa shape index (κ1) is 18.4.